The van der Waals surface area contributed by atoms with E-state index in [1.165, 1.54) is 38.4 Å². The van der Waals surface area contributed by atoms with Crippen LogP contribution in [0.5, 0.6) is 0 Å². The number of nitrogens with one attached hydrogen (secondary N) is 1. The summed E-state index contributed by atoms with van der Waals surface area (Å²) in [6.07, 6.45) is 0. The van der Waals surface area contributed by atoms with Gasteiger partial charge in [-0.05, 0) is 58.7 Å². The van der Waals surface area contributed by atoms with E-state index in [0.29, 0.717) is 15.7 Å². The van der Waals surface area contributed by atoms with Crippen LogP contribution in [0.15, 0.2) is 45.8 Å². The maximum absolute atomic E-state index is 13.3. The summed E-state index contributed by atoms with van der Waals surface area (Å²) < 4.78 is 39.3. The number of sulfonamides is 1. The fourth-order valence-corrected chi connectivity index (χ4v) is 3.32. The number of aryl methyl sites for hydroxylation is 1. The lowest BCUT2D eigenvalue weighted by Crippen LogP contribution is -2.22. The van der Waals surface area contributed by atoms with Crippen LogP contribution in [0.25, 0.3) is 0 Å². The van der Waals surface area contributed by atoms with Crippen LogP contribution in [0.3, 0.4) is 0 Å². The summed E-state index contributed by atoms with van der Waals surface area (Å²) in [7, 11) is -0.763. The third-order valence-electron chi connectivity index (χ3n) is 3.41. The molecule has 0 radical (unpaired) electrons. The Morgan fingerprint density at radius 1 is 1.17 bits per heavy atom. The topological polar surface area (TPSA) is 66.5 Å². The van der Waals surface area contributed by atoms with Gasteiger partial charge in [0, 0.05) is 24.3 Å². The Morgan fingerprint density at radius 2 is 1.83 bits per heavy atom. The number of carbonyl (C=O) groups is 1. The highest BCUT2D eigenvalue weighted by molar-refractivity contribution is 9.10. The first kappa shape index (κ1) is 18.6. The van der Waals surface area contributed by atoms with Gasteiger partial charge in [-0.1, -0.05) is 6.07 Å². The predicted molar refractivity (Wildman–Crippen MR) is 94.1 cm³/mol. The molecule has 0 atom stereocenters. The Kier molecular flexibility index (Phi) is 5.42. The lowest BCUT2D eigenvalue weighted by Gasteiger charge is -2.14. The van der Waals surface area contributed by atoms with Crippen LogP contribution in [-0.4, -0.2) is 32.7 Å². The van der Waals surface area contributed by atoms with Gasteiger partial charge < -0.3 is 5.32 Å². The Hall–Kier alpha value is -1.77. The van der Waals surface area contributed by atoms with Gasteiger partial charge in [0.1, 0.15) is 5.82 Å². The van der Waals surface area contributed by atoms with Crippen molar-refractivity contribution in [2.24, 2.45) is 0 Å². The van der Waals surface area contributed by atoms with Crippen LogP contribution in [0.1, 0.15) is 15.9 Å². The molecule has 0 aliphatic rings. The lowest BCUT2D eigenvalue weighted by atomic mass is 10.1. The summed E-state index contributed by atoms with van der Waals surface area (Å²) in [6, 6.07) is 8.23. The number of hydrogen-bond donors (Lipinski definition) is 1. The average Bonchev–Trinajstić information content (AvgIpc) is 2.51. The molecule has 0 bridgehead atoms. The molecule has 0 saturated heterocycles. The molecule has 0 unspecified atom stereocenters. The quantitative estimate of drug-likeness (QED) is 0.833. The molecule has 0 heterocycles. The molecule has 2 aromatic rings. The van der Waals surface area contributed by atoms with Gasteiger partial charge in [-0.2, -0.15) is 0 Å². The Bertz CT molecular complexity index is 898. The Balaban J connectivity index is 2.39. The molecule has 5 nitrogen and oxygen atoms in total. The van der Waals surface area contributed by atoms with E-state index in [-0.39, 0.29) is 10.5 Å². The van der Waals surface area contributed by atoms with E-state index < -0.39 is 21.7 Å². The molecular weight excluding hydrogens is 399 g/mol. The zero-order valence-electron chi connectivity index (χ0n) is 13.3. The summed E-state index contributed by atoms with van der Waals surface area (Å²) in [5.74, 6) is -1.08. The molecule has 2 rings (SSSR count). The van der Waals surface area contributed by atoms with Gasteiger partial charge in [-0.3, -0.25) is 4.79 Å². The first-order chi connectivity index (χ1) is 11.1. The second-order valence-electron chi connectivity index (χ2n) is 5.34. The zero-order valence-corrected chi connectivity index (χ0v) is 15.7. The molecule has 0 fully saturated rings. The van der Waals surface area contributed by atoms with Gasteiger partial charge in [0.15, 0.2) is 0 Å². The fourth-order valence-electron chi connectivity index (χ4n) is 1.97. The summed E-state index contributed by atoms with van der Waals surface area (Å²) in [5, 5.41) is 2.63. The second kappa shape index (κ2) is 7.00. The van der Waals surface area contributed by atoms with Crippen LogP contribution >= 0.6 is 15.9 Å². The number of benzene rings is 2. The molecular formula is C16H16BrFN2O3S. The molecule has 24 heavy (non-hydrogen) atoms. The van der Waals surface area contributed by atoms with Crippen molar-refractivity contribution in [3.05, 3.63) is 57.8 Å². The zero-order chi connectivity index (χ0) is 18.1. The first-order valence-corrected chi connectivity index (χ1v) is 9.16. The summed E-state index contributed by atoms with van der Waals surface area (Å²) in [5.41, 5.74) is 1.16. The van der Waals surface area contributed by atoms with E-state index in [4.69, 9.17) is 0 Å². The maximum Gasteiger partial charge on any atom is 0.256 e. The van der Waals surface area contributed by atoms with E-state index in [9.17, 15) is 17.6 Å². The Morgan fingerprint density at radius 3 is 2.46 bits per heavy atom. The molecule has 0 aliphatic heterocycles. The SMILES string of the molecule is Cc1ccc(S(=O)(=O)N(C)C)cc1NC(=O)c1cc(F)ccc1Br. The number of hydrogen-bond acceptors (Lipinski definition) is 3. The van der Waals surface area contributed by atoms with Gasteiger partial charge >= 0.3 is 0 Å². The number of anilines is 1. The standard InChI is InChI=1S/C16H16BrFN2O3S/c1-10-4-6-12(24(22,23)20(2)3)9-15(10)19-16(21)13-8-11(18)5-7-14(13)17/h4-9H,1-3H3,(H,19,21). The molecule has 0 aliphatic carbocycles. The van der Waals surface area contributed by atoms with Crippen LogP contribution in [0, 0.1) is 12.7 Å². The number of nitrogens with zero attached hydrogens (tertiary/aromatic N) is 1. The fraction of sp³-hybridized carbons (Fsp3) is 0.188. The highest BCUT2D eigenvalue weighted by Gasteiger charge is 2.19. The van der Waals surface area contributed by atoms with Crippen molar-refractivity contribution in [3.8, 4) is 0 Å². The monoisotopic (exact) mass is 414 g/mol. The van der Waals surface area contributed by atoms with Crippen molar-refractivity contribution in [2.75, 3.05) is 19.4 Å². The van der Waals surface area contributed by atoms with Crippen LogP contribution < -0.4 is 5.32 Å². The van der Waals surface area contributed by atoms with Crippen molar-refractivity contribution in [1.82, 2.24) is 4.31 Å². The molecule has 1 N–H and O–H groups in total. The minimum atomic E-state index is -3.62. The van der Waals surface area contributed by atoms with E-state index in [2.05, 4.69) is 21.2 Å². The summed E-state index contributed by atoms with van der Waals surface area (Å²) >= 11 is 3.20. The first-order valence-electron chi connectivity index (χ1n) is 6.92. The smallest absolute Gasteiger partial charge is 0.256 e. The highest BCUT2D eigenvalue weighted by Crippen LogP contribution is 2.24. The van der Waals surface area contributed by atoms with E-state index in [0.717, 1.165) is 10.4 Å². The van der Waals surface area contributed by atoms with E-state index >= 15 is 0 Å². The molecule has 8 heteroatoms. The third-order valence-corrected chi connectivity index (χ3v) is 5.91. The van der Waals surface area contributed by atoms with Crippen LogP contribution in [0.2, 0.25) is 0 Å². The summed E-state index contributed by atoms with van der Waals surface area (Å²) in [4.78, 5) is 12.4. The Labute approximate surface area is 148 Å². The van der Waals surface area contributed by atoms with E-state index in [1.807, 2.05) is 0 Å². The third kappa shape index (κ3) is 3.82. The van der Waals surface area contributed by atoms with Gasteiger partial charge in [0.25, 0.3) is 5.91 Å². The lowest BCUT2D eigenvalue weighted by molar-refractivity contribution is 0.102. The molecule has 0 saturated carbocycles. The van der Waals surface area contributed by atoms with Gasteiger partial charge in [-0.15, -0.1) is 0 Å². The second-order valence-corrected chi connectivity index (χ2v) is 8.35. The number of rotatable bonds is 4. The predicted octanol–water partition coefficient (Wildman–Crippen LogP) is 3.40. The number of amides is 1. The minimum absolute atomic E-state index is 0.0618. The van der Waals surface area contributed by atoms with Crippen LogP contribution in [-0.2, 0) is 10.0 Å². The van der Waals surface area contributed by atoms with Crippen molar-refractivity contribution in [3.63, 3.8) is 0 Å². The number of carbonyl (C=O) groups excluding carboxylic acids is 1. The van der Waals surface area contributed by atoms with Crippen molar-refractivity contribution in [2.45, 2.75) is 11.8 Å². The van der Waals surface area contributed by atoms with Gasteiger partial charge in [0.05, 0.1) is 10.5 Å². The van der Waals surface area contributed by atoms with Gasteiger partial charge in [-0.25, -0.2) is 17.1 Å². The van der Waals surface area contributed by atoms with Crippen LogP contribution in [0.4, 0.5) is 10.1 Å². The highest BCUT2D eigenvalue weighted by atomic mass is 79.9. The molecule has 2 aromatic carbocycles. The molecule has 1 amide bonds. The van der Waals surface area contributed by atoms with Crippen molar-refractivity contribution in [1.29, 1.82) is 0 Å². The van der Waals surface area contributed by atoms with Gasteiger partial charge in [0.2, 0.25) is 10.0 Å². The maximum atomic E-state index is 13.3. The normalized spacial score (nSPS) is 11.6. The average molecular weight is 415 g/mol. The number of halogens is 2. The van der Waals surface area contributed by atoms with Crippen molar-refractivity contribution < 1.29 is 17.6 Å². The summed E-state index contributed by atoms with van der Waals surface area (Å²) in [6.45, 7) is 1.74. The largest absolute Gasteiger partial charge is 0.322 e. The molecule has 0 aromatic heterocycles. The molecule has 0 spiro atoms. The van der Waals surface area contributed by atoms with E-state index in [1.54, 1.807) is 13.0 Å². The minimum Gasteiger partial charge on any atom is -0.322 e. The molecule has 128 valence electrons. The van der Waals surface area contributed by atoms with Crippen molar-refractivity contribution >= 4 is 37.5 Å².